The van der Waals surface area contributed by atoms with Gasteiger partial charge < -0.3 is 10.1 Å². The van der Waals surface area contributed by atoms with E-state index in [0.717, 1.165) is 24.3 Å². The van der Waals surface area contributed by atoms with Crippen LogP contribution in [0.3, 0.4) is 0 Å². The quantitative estimate of drug-likeness (QED) is 0.574. The highest BCUT2D eigenvalue weighted by Gasteiger charge is 2.33. The molecule has 0 saturated heterocycles. The van der Waals surface area contributed by atoms with E-state index in [2.05, 4.69) is 5.32 Å². The van der Waals surface area contributed by atoms with Crippen molar-refractivity contribution in [2.24, 2.45) is 0 Å². The van der Waals surface area contributed by atoms with Crippen molar-refractivity contribution in [2.45, 2.75) is 19.2 Å². The number of hydrogen-bond acceptors (Lipinski definition) is 3. The summed E-state index contributed by atoms with van der Waals surface area (Å²) < 4.78 is 43.4. The lowest BCUT2D eigenvalue weighted by molar-refractivity contribution is -0.148. The molecule has 4 nitrogen and oxygen atoms in total. The molecule has 0 aliphatic carbocycles. The van der Waals surface area contributed by atoms with Crippen molar-refractivity contribution in [1.82, 2.24) is 0 Å². The zero-order chi connectivity index (χ0) is 20.0. The number of carbonyl (C=O) groups excluding carboxylic acids is 2. The van der Waals surface area contributed by atoms with Crippen molar-refractivity contribution < 1.29 is 27.5 Å². The second-order valence-electron chi connectivity index (χ2n) is 5.50. The highest BCUT2D eigenvalue weighted by molar-refractivity contribution is 6.31. The summed E-state index contributed by atoms with van der Waals surface area (Å²) in [6, 6.07) is 11.8. The maximum Gasteiger partial charge on any atom is 0.417 e. The molecule has 1 atom stereocenters. The summed E-state index contributed by atoms with van der Waals surface area (Å²) in [4.78, 5) is 23.8. The van der Waals surface area contributed by atoms with E-state index in [0.29, 0.717) is 5.69 Å². The zero-order valence-corrected chi connectivity index (χ0v) is 14.8. The lowest BCUT2D eigenvalue weighted by Crippen LogP contribution is -2.29. The number of carbonyl (C=O) groups is 2. The number of nitrogens with one attached hydrogen (secondary N) is 1. The fraction of sp³-hybridized carbons (Fsp3) is 0.158. The van der Waals surface area contributed by atoms with Crippen LogP contribution in [0.25, 0.3) is 6.08 Å². The molecule has 0 aliphatic rings. The number of hydrogen-bond donors (Lipinski definition) is 1. The minimum Gasteiger partial charge on any atom is -0.449 e. The van der Waals surface area contributed by atoms with Crippen molar-refractivity contribution in [3.63, 3.8) is 0 Å². The third-order valence-electron chi connectivity index (χ3n) is 3.41. The van der Waals surface area contributed by atoms with Gasteiger partial charge in [-0.1, -0.05) is 35.9 Å². The van der Waals surface area contributed by atoms with Gasteiger partial charge in [0.15, 0.2) is 6.10 Å². The molecule has 0 fully saturated rings. The Hall–Kier alpha value is -2.80. The van der Waals surface area contributed by atoms with Crippen molar-refractivity contribution in [1.29, 1.82) is 0 Å². The Balaban J connectivity index is 1.97. The van der Waals surface area contributed by atoms with Crippen LogP contribution in [0.4, 0.5) is 18.9 Å². The number of ether oxygens (including phenoxy) is 1. The average molecular weight is 398 g/mol. The van der Waals surface area contributed by atoms with Crippen molar-refractivity contribution in [3.8, 4) is 0 Å². The predicted molar refractivity (Wildman–Crippen MR) is 96.1 cm³/mol. The summed E-state index contributed by atoms with van der Waals surface area (Å²) in [6.45, 7) is 1.38. The van der Waals surface area contributed by atoms with E-state index in [9.17, 15) is 22.8 Å². The molecule has 0 heterocycles. The third-order valence-corrected chi connectivity index (χ3v) is 3.74. The van der Waals surface area contributed by atoms with Crippen LogP contribution in [-0.2, 0) is 20.5 Å². The first-order chi connectivity index (χ1) is 12.7. The number of para-hydroxylation sites is 1. The highest BCUT2D eigenvalue weighted by atomic mass is 35.5. The highest BCUT2D eigenvalue weighted by Crippen LogP contribution is 2.35. The molecule has 0 aromatic heterocycles. The molecule has 1 N–H and O–H groups in total. The summed E-state index contributed by atoms with van der Waals surface area (Å²) in [5, 5.41) is 2.13. The second-order valence-corrected chi connectivity index (χ2v) is 5.91. The van der Waals surface area contributed by atoms with Crippen LogP contribution in [0, 0.1) is 0 Å². The largest absolute Gasteiger partial charge is 0.449 e. The third kappa shape index (κ3) is 6.14. The molecule has 27 heavy (non-hydrogen) atoms. The monoisotopic (exact) mass is 397 g/mol. The number of esters is 1. The first-order valence-electron chi connectivity index (χ1n) is 7.78. The lowest BCUT2D eigenvalue weighted by Gasteiger charge is -2.12. The van der Waals surface area contributed by atoms with Crippen LogP contribution in [0.1, 0.15) is 18.1 Å². The van der Waals surface area contributed by atoms with Gasteiger partial charge in [-0.15, -0.1) is 0 Å². The van der Waals surface area contributed by atoms with Gasteiger partial charge in [0.1, 0.15) is 0 Å². The number of anilines is 1. The van der Waals surface area contributed by atoms with Crippen LogP contribution in [-0.4, -0.2) is 18.0 Å². The maximum absolute atomic E-state index is 12.8. The molecule has 8 heteroatoms. The van der Waals surface area contributed by atoms with Gasteiger partial charge >= 0.3 is 12.1 Å². The van der Waals surface area contributed by atoms with E-state index in [1.807, 2.05) is 0 Å². The number of amides is 1. The van der Waals surface area contributed by atoms with Gasteiger partial charge in [-0.05, 0) is 42.8 Å². The van der Waals surface area contributed by atoms with Crippen LogP contribution in [0.15, 0.2) is 54.6 Å². The molecule has 1 amide bonds. The van der Waals surface area contributed by atoms with Crippen LogP contribution >= 0.6 is 11.6 Å². The summed E-state index contributed by atoms with van der Waals surface area (Å²) in [6.07, 6.45) is -3.60. The molecule has 0 saturated carbocycles. The molecule has 0 unspecified atom stereocenters. The number of rotatable bonds is 5. The second kappa shape index (κ2) is 8.73. The number of halogens is 4. The molecule has 0 bridgehead atoms. The number of benzene rings is 2. The topological polar surface area (TPSA) is 55.4 Å². The van der Waals surface area contributed by atoms with Crippen LogP contribution in [0.2, 0.25) is 5.02 Å². The van der Waals surface area contributed by atoms with Crippen molar-refractivity contribution >= 4 is 35.2 Å². The van der Waals surface area contributed by atoms with Crippen LogP contribution < -0.4 is 5.32 Å². The van der Waals surface area contributed by atoms with Gasteiger partial charge in [-0.25, -0.2) is 4.79 Å². The summed E-state index contributed by atoms with van der Waals surface area (Å²) in [5.41, 5.74) is -0.345. The SMILES string of the molecule is C[C@H](OC(=O)/C=C/c1ccc(Cl)c(C(F)(F)F)c1)C(=O)Nc1ccccc1. The van der Waals surface area contributed by atoms with Crippen LogP contribution in [0.5, 0.6) is 0 Å². The van der Waals surface area contributed by atoms with Gasteiger partial charge in [0.25, 0.3) is 5.91 Å². The maximum atomic E-state index is 12.8. The predicted octanol–water partition coefficient (Wildman–Crippen LogP) is 4.94. The summed E-state index contributed by atoms with van der Waals surface area (Å²) in [5.74, 6) is -1.40. The van der Waals surface area contributed by atoms with E-state index in [1.54, 1.807) is 30.3 Å². The molecule has 142 valence electrons. The van der Waals surface area contributed by atoms with E-state index in [1.165, 1.54) is 13.0 Å². The zero-order valence-electron chi connectivity index (χ0n) is 14.1. The molecule has 0 aliphatic heterocycles. The van der Waals surface area contributed by atoms with E-state index < -0.39 is 34.7 Å². The molecule has 0 spiro atoms. The Morgan fingerprint density at radius 2 is 1.81 bits per heavy atom. The molecule has 2 aromatic carbocycles. The summed E-state index contributed by atoms with van der Waals surface area (Å²) >= 11 is 5.53. The normalized spacial score (nSPS) is 12.6. The standard InChI is InChI=1S/C19H15ClF3NO3/c1-12(18(26)24-14-5-3-2-4-6-14)27-17(25)10-8-13-7-9-16(20)15(11-13)19(21,22)23/h2-12H,1H3,(H,24,26)/b10-8+/t12-/m0/s1. The average Bonchev–Trinajstić information content (AvgIpc) is 2.60. The molecule has 2 aromatic rings. The fourth-order valence-electron chi connectivity index (χ4n) is 2.06. The molecular formula is C19H15ClF3NO3. The smallest absolute Gasteiger partial charge is 0.417 e. The van der Waals surface area contributed by atoms with Gasteiger partial charge in [0, 0.05) is 11.8 Å². The van der Waals surface area contributed by atoms with E-state index in [4.69, 9.17) is 16.3 Å². The van der Waals surface area contributed by atoms with E-state index in [-0.39, 0.29) is 5.56 Å². The van der Waals surface area contributed by atoms with Gasteiger partial charge in [-0.2, -0.15) is 13.2 Å². The Kier molecular flexibility index (Phi) is 6.63. The first kappa shape index (κ1) is 20.5. The number of alkyl halides is 3. The Labute approximate surface area is 158 Å². The van der Waals surface area contributed by atoms with Crippen molar-refractivity contribution in [3.05, 3.63) is 70.8 Å². The van der Waals surface area contributed by atoms with E-state index >= 15 is 0 Å². The Morgan fingerprint density at radius 3 is 2.44 bits per heavy atom. The molecular weight excluding hydrogens is 383 g/mol. The lowest BCUT2D eigenvalue weighted by atomic mass is 10.1. The van der Waals surface area contributed by atoms with Gasteiger partial charge in [0.05, 0.1) is 10.6 Å². The first-order valence-corrected chi connectivity index (χ1v) is 8.16. The van der Waals surface area contributed by atoms with Gasteiger partial charge in [-0.3, -0.25) is 4.79 Å². The fourth-order valence-corrected chi connectivity index (χ4v) is 2.29. The minimum atomic E-state index is -4.61. The minimum absolute atomic E-state index is 0.116. The Morgan fingerprint density at radius 1 is 1.15 bits per heavy atom. The summed E-state index contributed by atoms with van der Waals surface area (Å²) in [7, 11) is 0. The van der Waals surface area contributed by atoms with Crippen molar-refractivity contribution in [2.75, 3.05) is 5.32 Å². The molecule has 2 rings (SSSR count). The Bertz CT molecular complexity index is 851. The van der Waals surface area contributed by atoms with Gasteiger partial charge in [0.2, 0.25) is 0 Å². The molecule has 0 radical (unpaired) electrons.